The smallest absolute Gasteiger partial charge is 0.176 e. The molecule has 2 aromatic rings. The van der Waals surface area contributed by atoms with Crippen LogP contribution in [0.1, 0.15) is 33.6 Å². The van der Waals surface area contributed by atoms with Gasteiger partial charge in [0.25, 0.3) is 0 Å². The van der Waals surface area contributed by atoms with Crippen molar-refractivity contribution in [3.63, 3.8) is 0 Å². The van der Waals surface area contributed by atoms with Gasteiger partial charge in [0.1, 0.15) is 11.6 Å². The fourth-order valence-electron chi connectivity index (χ4n) is 3.13. The number of carbonyl (C=O) groups is 2. The zero-order valence-electron chi connectivity index (χ0n) is 14.2. The first-order valence-corrected chi connectivity index (χ1v) is 8.34. The van der Waals surface area contributed by atoms with Crippen LogP contribution in [0.3, 0.4) is 0 Å². The normalized spacial score (nSPS) is 15.3. The Morgan fingerprint density at radius 2 is 1.31 bits per heavy atom. The molecule has 138 valence electrons. The van der Waals surface area contributed by atoms with Crippen molar-refractivity contribution in [1.82, 2.24) is 4.90 Å². The summed E-state index contributed by atoms with van der Waals surface area (Å²) in [6.07, 6.45) is 1.35. The molecule has 0 bridgehead atoms. The van der Waals surface area contributed by atoms with Crippen LogP contribution in [0.5, 0.6) is 0 Å². The highest BCUT2D eigenvalue weighted by molar-refractivity contribution is 5.98. The van der Waals surface area contributed by atoms with E-state index in [1.165, 1.54) is 48.5 Å². The van der Waals surface area contributed by atoms with Crippen LogP contribution < -0.4 is 0 Å². The van der Waals surface area contributed by atoms with E-state index in [1.54, 1.807) is 0 Å². The van der Waals surface area contributed by atoms with Gasteiger partial charge in [-0.1, -0.05) is 0 Å². The monoisotopic (exact) mass is 379 g/mol. The average Bonchev–Trinajstić information content (AvgIpc) is 2.63. The molecule has 2 aromatic carbocycles. The van der Waals surface area contributed by atoms with Crippen LogP contribution in [-0.2, 0) is 0 Å². The number of benzene rings is 2. The molecule has 0 radical (unpaired) electrons. The van der Waals surface area contributed by atoms with Gasteiger partial charge >= 0.3 is 0 Å². The Morgan fingerprint density at radius 1 is 0.846 bits per heavy atom. The van der Waals surface area contributed by atoms with Gasteiger partial charge in [0.05, 0.1) is 6.54 Å². The lowest BCUT2D eigenvalue weighted by molar-refractivity contribution is 0.0805. The Bertz CT molecular complexity index is 754. The van der Waals surface area contributed by atoms with Crippen LogP contribution >= 0.6 is 12.4 Å². The fourth-order valence-corrected chi connectivity index (χ4v) is 3.13. The molecule has 0 amide bonds. The lowest BCUT2D eigenvalue weighted by Crippen LogP contribution is -2.39. The molecule has 26 heavy (non-hydrogen) atoms. The van der Waals surface area contributed by atoms with E-state index in [2.05, 4.69) is 0 Å². The quantitative estimate of drug-likeness (QED) is 0.732. The van der Waals surface area contributed by atoms with Crippen molar-refractivity contribution < 1.29 is 18.4 Å². The first-order chi connectivity index (χ1) is 12.0. The Balaban J connectivity index is 0.00000243. The summed E-state index contributed by atoms with van der Waals surface area (Å²) in [6.45, 7) is 1.58. The fraction of sp³-hybridized carbons (Fsp3) is 0.300. The van der Waals surface area contributed by atoms with Crippen molar-refractivity contribution >= 4 is 24.0 Å². The van der Waals surface area contributed by atoms with Crippen LogP contribution in [-0.4, -0.2) is 36.1 Å². The Morgan fingerprint density at radius 3 is 1.81 bits per heavy atom. The second-order valence-corrected chi connectivity index (χ2v) is 6.35. The summed E-state index contributed by atoms with van der Waals surface area (Å²) in [6, 6.07) is 11.2. The third kappa shape index (κ3) is 4.96. The largest absolute Gasteiger partial charge is 0.296 e. The summed E-state index contributed by atoms with van der Waals surface area (Å²) in [5.41, 5.74) is 1.02. The van der Waals surface area contributed by atoms with Crippen LogP contribution in [0, 0.1) is 17.6 Å². The number of likely N-dealkylation sites (tertiary alicyclic amines) is 1. The summed E-state index contributed by atoms with van der Waals surface area (Å²) in [5.74, 6) is -0.835. The van der Waals surface area contributed by atoms with Crippen molar-refractivity contribution in [1.29, 1.82) is 0 Å². The summed E-state index contributed by atoms with van der Waals surface area (Å²) < 4.78 is 25.9. The molecule has 0 aromatic heterocycles. The van der Waals surface area contributed by atoms with Crippen LogP contribution in [0.2, 0.25) is 0 Å². The zero-order valence-corrected chi connectivity index (χ0v) is 15.0. The molecule has 3 rings (SSSR count). The molecule has 0 spiro atoms. The maximum absolute atomic E-state index is 13.0. The van der Waals surface area contributed by atoms with E-state index in [9.17, 15) is 18.4 Å². The van der Waals surface area contributed by atoms with E-state index < -0.39 is 0 Å². The second-order valence-electron chi connectivity index (χ2n) is 6.35. The maximum Gasteiger partial charge on any atom is 0.176 e. The van der Waals surface area contributed by atoms with Gasteiger partial charge in [-0.15, -0.1) is 12.4 Å². The molecule has 1 heterocycles. The predicted octanol–water partition coefficient (Wildman–Crippen LogP) is 4.16. The van der Waals surface area contributed by atoms with E-state index >= 15 is 0 Å². The standard InChI is InChI=1S/C20H19F2NO2.ClH/c21-17-5-1-14(2-6-17)19(24)13-23-11-9-16(10-12-23)20(25)15-3-7-18(22)8-4-15;/h1-8,16H,9-13H2;1H. The maximum atomic E-state index is 13.0. The molecule has 1 aliphatic rings. The summed E-state index contributed by atoms with van der Waals surface area (Å²) >= 11 is 0. The third-order valence-corrected chi connectivity index (χ3v) is 4.62. The molecule has 0 unspecified atom stereocenters. The van der Waals surface area contributed by atoms with Crippen molar-refractivity contribution in [2.24, 2.45) is 5.92 Å². The van der Waals surface area contributed by atoms with Gasteiger partial charge in [-0.2, -0.15) is 0 Å². The molecule has 3 nitrogen and oxygen atoms in total. The zero-order chi connectivity index (χ0) is 17.8. The van der Waals surface area contributed by atoms with Crippen LogP contribution in [0.15, 0.2) is 48.5 Å². The molecular formula is C20H20ClF2NO2. The first kappa shape index (κ1) is 20.2. The highest BCUT2D eigenvalue weighted by atomic mass is 35.5. The summed E-state index contributed by atoms with van der Waals surface area (Å²) in [4.78, 5) is 26.7. The predicted molar refractivity (Wildman–Crippen MR) is 97.9 cm³/mol. The average molecular weight is 380 g/mol. The van der Waals surface area contributed by atoms with Gasteiger partial charge in [0.15, 0.2) is 11.6 Å². The van der Waals surface area contributed by atoms with Crippen LogP contribution in [0.4, 0.5) is 8.78 Å². The number of piperidine rings is 1. The number of rotatable bonds is 5. The summed E-state index contributed by atoms with van der Waals surface area (Å²) in [5, 5.41) is 0. The van der Waals surface area contributed by atoms with E-state index in [-0.39, 0.29) is 48.1 Å². The number of nitrogens with zero attached hydrogens (tertiary/aromatic N) is 1. The van der Waals surface area contributed by atoms with Crippen molar-refractivity contribution in [3.8, 4) is 0 Å². The van der Waals surface area contributed by atoms with Gasteiger partial charge in [-0.25, -0.2) is 8.78 Å². The van der Waals surface area contributed by atoms with E-state index in [0.29, 0.717) is 37.1 Å². The summed E-state index contributed by atoms with van der Waals surface area (Å²) in [7, 11) is 0. The van der Waals surface area contributed by atoms with Crippen molar-refractivity contribution in [3.05, 3.63) is 71.3 Å². The number of hydrogen-bond acceptors (Lipinski definition) is 3. The lowest BCUT2D eigenvalue weighted by Gasteiger charge is -2.30. The van der Waals surface area contributed by atoms with E-state index in [1.807, 2.05) is 4.90 Å². The second kappa shape index (κ2) is 9.01. The van der Waals surface area contributed by atoms with Gasteiger partial charge in [-0.3, -0.25) is 14.5 Å². The molecule has 1 aliphatic heterocycles. The molecule has 0 saturated carbocycles. The van der Waals surface area contributed by atoms with E-state index in [4.69, 9.17) is 0 Å². The topological polar surface area (TPSA) is 37.4 Å². The lowest BCUT2D eigenvalue weighted by atomic mass is 9.88. The number of carbonyl (C=O) groups excluding carboxylic acids is 2. The van der Waals surface area contributed by atoms with Gasteiger partial charge in [0.2, 0.25) is 0 Å². The minimum Gasteiger partial charge on any atom is -0.296 e. The van der Waals surface area contributed by atoms with Gasteiger partial charge < -0.3 is 0 Å². The molecule has 6 heteroatoms. The molecule has 0 N–H and O–H groups in total. The number of ketones is 2. The van der Waals surface area contributed by atoms with Gasteiger partial charge in [0, 0.05) is 17.0 Å². The minimum absolute atomic E-state index is 0. The van der Waals surface area contributed by atoms with Gasteiger partial charge in [-0.05, 0) is 74.5 Å². The molecule has 0 aliphatic carbocycles. The Kier molecular flexibility index (Phi) is 7.00. The molecular weight excluding hydrogens is 360 g/mol. The van der Waals surface area contributed by atoms with Crippen molar-refractivity contribution in [2.75, 3.05) is 19.6 Å². The molecule has 0 atom stereocenters. The number of halogens is 3. The molecule has 1 fully saturated rings. The minimum atomic E-state index is -0.364. The highest BCUT2D eigenvalue weighted by Gasteiger charge is 2.26. The Labute approximate surface area is 157 Å². The number of hydrogen-bond donors (Lipinski definition) is 0. The van der Waals surface area contributed by atoms with E-state index in [0.717, 1.165) is 0 Å². The first-order valence-electron chi connectivity index (χ1n) is 8.34. The highest BCUT2D eigenvalue weighted by Crippen LogP contribution is 2.22. The van der Waals surface area contributed by atoms with Crippen molar-refractivity contribution in [2.45, 2.75) is 12.8 Å². The number of Topliss-reactive ketones (excluding diaryl/α,β-unsaturated/α-hetero) is 2. The van der Waals surface area contributed by atoms with Crippen LogP contribution in [0.25, 0.3) is 0 Å². The molecule has 1 saturated heterocycles. The SMILES string of the molecule is Cl.O=C(CN1CCC(C(=O)c2ccc(F)cc2)CC1)c1ccc(F)cc1. The Hall–Kier alpha value is -2.11. The third-order valence-electron chi connectivity index (χ3n) is 4.62.